The lowest BCUT2D eigenvalue weighted by Gasteiger charge is -2.13. The minimum atomic E-state index is -0.597. The quantitative estimate of drug-likeness (QED) is 0.466. The molecule has 0 aliphatic carbocycles. The summed E-state index contributed by atoms with van der Waals surface area (Å²) < 4.78 is 19.0. The van der Waals surface area contributed by atoms with Gasteiger partial charge in [0, 0.05) is 35.2 Å². The van der Waals surface area contributed by atoms with Crippen molar-refractivity contribution >= 4 is 41.4 Å². The maximum absolute atomic E-state index is 11.6. The van der Waals surface area contributed by atoms with Gasteiger partial charge >= 0.3 is 18.3 Å². The van der Waals surface area contributed by atoms with Gasteiger partial charge in [-0.1, -0.05) is 38.9 Å². The monoisotopic (exact) mass is 498 g/mol. The van der Waals surface area contributed by atoms with Crippen molar-refractivity contribution in [2.24, 2.45) is 0 Å². The largest absolute Gasteiger partial charge is 0.453 e. The summed E-state index contributed by atoms with van der Waals surface area (Å²) in [5, 5.41) is 11.2. The van der Waals surface area contributed by atoms with Crippen LogP contribution in [-0.2, 0) is 14.9 Å². The molecule has 0 spiro atoms. The summed E-state index contributed by atoms with van der Waals surface area (Å²) >= 11 is 5.68. The number of nitrogens with zero attached hydrogens (tertiary/aromatic N) is 1. The van der Waals surface area contributed by atoms with Gasteiger partial charge in [0.2, 0.25) is 0 Å². The van der Waals surface area contributed by atoms with E-state index in [0.29, 0.717) is 35.3 Å². The molecular weight excluding hydrogens is 468 g/mol. The fourth-order valence-corrected chi connectivity index (χ4v) is 2.50. The van der Waals surface area contributed by atoms with E-state index in [4.69, 9.17) is 20.9 Å². The zero-order chi connectivity index (χ0) is 25.7. The molecule has 1 unspecified atom stereocenters. The van der Waals surface area contributed by atoms with Gasteiger partial charge in [-0.3, -0.25) is 10.6 Å². The van der Waals surface area contributed by atoms with Crippen LogP contribution in [0.25, 0.3) is 0 Å². The van der Waals surface area contributed by atoms with E-state index in [1.807, 2.05) is 27.7 Å². The summed E-state index contributed by atoms with van der Waals surface area (Å²) in [4.78, 5) is 33.5. The lowest BCUT2D eigenvalue weighted by Crippen LogP contribution is -2.37. The molecule has 1 aromatic heterocycles. The summed E-state index contributed by atoms with van der Waals surface area (Å²) in [6, 6.07) is 7.95. The van der Waals surface area contributed by atoms with Crippen molar-refractivity contribution in [3.8, 4) is 5.75 Å². The first-order valence-corrected chi connectivity index (χ1v) is 10.9. The molecule has 2 aromatic rings. The Hall–Kier alpha value is -3.47. The van der Waals surface area contributed by atoms with Gasteiger partial charge < -0.3 is 24.1 Å². The number of halogens is 1. The second-order valence-corrected chi connectivity index (χ2v) is 8.19. The molecule has 0 aliphatic rings. The minimum Gasteiger partial charge on any atom is -0.453 e. The highest BCUT2D eigenvalue weighted by Crippen LogP contribution is 2.24. The second-order valence-electron chi connectivity index (χ2n) is 7.88. The van der Waals surface area contributed by atoms with E-state index in [0.717, 1.165) is 0 Å². The Morgan fingerprint density at radius 2 is 1.71 bits per heavy atom. The number of carbonyl (C=O) groups is 3. The average molecular weight is 499 g/mol. The van der Waals surface area contributed by atoms with Crippen molar-refractivity contribution in [1.29, 1.82) is 0 Å². The Morgan fingerprint density at radius 1 is 1.06 bits per heavy atom. The van der Waals surface area contributed by atoms with Gasteiger partial charge in [0.1, 0.15) is 11.5 Å². The molecule has 11 nitrogen and oxygen atoms in total. The predicted octanol–water partition coefficient (Wildman–Crippen LogP) is 5.12. The number of rotatable bonds is 6. The van der Waals surface area contributed by atoms with Gasteiger partial charge in [0.05, 0.1) is 14.2 Å². The molecule has 0 bridgehead atoms. The lowest BCUT2D eigenvalue weighted by molar-refractivity contribution is 0.186. The van der Waals surface area contributed by atoms with Crippen LogP contribution in [0.15, 0.2) is 34.9 Å². The number of methoxy groups -OCH3 is 2. The van der Waals surface area contributed by atoms with Crippen LogP contribution in [0.5, 0.6) is 5.75 Å². The van der Waals surface area contributed by atoms with Gasteiger partial charge in [0.15, 0.2) is 5.82 Å². The van der Waals surface area contributed by atoms with E-state index in [1.165, 1.54) is 20.3 Å². The van der Waals surface area contributed by atoms with Crippen molar-refractivity contribution in [3.63, 3.8) is 0 Å². The molecule has 1 heterocycles. The highest BCUT2D eigenvalue weighted by atomic mass is 35.5. The van der Waals surface area contributed by atoms with E-state index in [1.54, 1.807) is 24.3 Å². The zero-order valence-corrected chi connectivity index (χ0v) is 20.8. The third kappa shape index (κ3) is 10.4. The van der Waals surface area contributed by atoms with Crippen molar-refractivity contribution in [2.75, 3.05) is 30.7 Å². The number of ether oxygens (including phenoxy) is 3. The normalized spacial score (nSPS) is 11.3. The lowest BCUT2D eigenvalue weighted by atomic mass is 9.93. The fourth-order valence-electron chi connectivity index (χ4n) is 2.20. The number of nitrogens with one attached hydrogen (secondary N) is 3. The third-order valence-electron chi connectivity index (χ3n) is 4.14. The molecule has 3 N–H and O–H groups in total. The molecule has 12 heteroatoms. The zero-order valence-electron chi connectivity index (χ0n) is 20.1. The van der Waals surface area contributed by atoms with Crippen molar-refractivity contribution < 1.29 is 33.1 Å². The van der Waals surface area contributed by atoms with Crippen molar-refractivity contribution in [3.05, 3.63) is 36.1 Å². The smallest absolute Gasteiger partial charge is 0.412 e. The molecule has 2 rings (SSSR count). The van der Waals surface area contributed by atoms with Crippen LogP contribution in [0.4, 0.5) is 25.9 Å². The number of carbonyl (C=O) groups excluding carboxylic acids is 3. The molecule has 0 saturated carbocycles. The standard InChI is InChI=1S/C13H17ClN2O4.C9H14N2O3/c1-3-9(8-14)15-13(18)20-11-6-4-5-10(7-11)16-12(17)19-2;1-9(2,3)6-5-7(11-14-6)10-8(12)13-4/h4-7,9H,3,8H2,1-2H3,(H,15,18)(H,16,17);5H,1-4H3,(H,10,11,12). The number of amides is 3. The number of hydrogen-bond donors (Lipinski definition) is 3. The van der Waals surface area contributed by atoms with Crippen LogP contribution < -0.4 is 20.7 Å². The van der Waals surface area contributed by atoms with Gasteiger partial charge in [0.25, 0.3) is 0 Å². The number of hydrogen-bond acceptors (Lipinski definition) is 8. The molecule has 0 fully saturated rings. The molecule has 0 radical (unpaired) electrons. The SMILES string of the molecule is CCC(CCl)NC(=O)Oc1cccc(NC(=O)OC)c1.COC(=O)Nc1cc(C(C)(C)C)on1. The average Bonchev–Trinajstić information content (AvgIpc) is 3.27. The van der Waals surface area contributed by atoms with Gasteiger partial charge in [-0.25, -0.2) is 14.4 Å². The summed E-state index contributed by atoms with van der Waals surface area (Å²) in [6.45, 7) is 7.90. The van der Waals surface area contributed by atoms with Crippen molar-refractivity contribution in [2.45, 2.75) is 45.6 Å². The highest BCUT2D eigenvalue weighted by molar-refractivity contribution is 6.18. The van der Waals surface area contributed by atoms with Crippen LogP contribution >= 0.6 is 11.6 Å². The Bertz CT molecular complexity index is 939. The Labute approximate surface area is 203 Å². The Balaban J connectivity index is 0.000000362. The number of aromatic nitrogens is 1. The topological polar surface area (TPSA) is 141 Å². The maximum atomic E-state index is 11.6. The van der Waals surface area contributed by atoms with Gasteiger partial charge in [-0.05, 0) is 18.6 Å². The van der Waals surface area contributed by atoms with Crippen LogP contribution in [0.2, 0.25) is 0 Å². The third-order valence-corrected chi connectivity index (χ3v) is 4.51. The molecular formula is C22H31ClN4O7. The molecule has 34 heavy (non-hydrogen) atoms. The molecule has 0 saturated heterocycles. The first kappa shape index (κ1) is 28.6. The molecule has 0 aliphatic heterocycles. The van der Waals surface area contributed by atoms with E-state index in [9.17, 15) is 14.4 Å². The molecule has 1 atom stereocenters. The van der Waals surface area contributed by atoms with Gasteiger partial charge in [-0.15, -0.1) is 11.6 Å². The van der Waals surface area contributed by atoms with Crippen molar-refractivity contribution in [1.82, 2.24) is 10.5 Å². The first-order valence-electron chi connectivity index (χ1n) is 10.3. The summed E-state index contributed by atoms with van der Waals surface area (Å²) in [5.41, 5.74) is 0.342. The summed E-state index contributed by atoms with van der Waals surface area (Å²) in [5.74, 6) is 1.70. The van der Waals surface area contributed by atoms with Crippen LogP contribution in [0.1, 0.15) is 39.9 Å². The molecule has 1 aromatic carbocycles. The highest BCUT2D eigenvalue weighted by Gasteiger charge is 2.20. The maximum Gasteiger partial charge on any atom is 0.412 e. The Morgan fingerprint density at radius 3 is 2.24 bits per heavy atom. The van der Waals surface area contributed by atoms with E-state index >= 15 is 0 Å². The number of benzene rings is 1. The predicted molar refractivity (Wildman–Crippen MR) is 128 cm³/mol. The van der Waals surface area contributed by atoms with Gasteiger partial charge in [-0.2, -0.15) is 0 Å². The van der Waals surface area contributed by atoms with Crippen LogP contribution in [0, 0.1) is 0 Å². The number of alkyl halides is 1. The molecule has 3 amide bonds. The molecule has 188 valence electrons. The summed E-state index contributed by atoms with van der Waals surface area (Å²) in [7, 11) is 2.56. The Kier molecular flexibility index (Phi) is 11.7. The second kappa shape index (κ2) is 13.9. The van der Waals surface area contributed by atoms with E-state index in [-0.39, 0.29) is 11.5 Å². The summed E-state index contributed by atoms with van der Waals surface area (Å²) in [6.07, 6.45) is -1.03. The van der Waals surface area contributed by atoms with E-state index < -0.39 is 18.3 Å². The fraction of sp³-hybridized carbons (Fsp3) is 0.455. The minimum absolute atomic E-state index is 0.122. The first-order chi connectivity index (χ1) is 16.0. The van der Waals surface area contributed by atoms with Crippen LogP contribution in [-0.4, -0.2) is 49.6 Å². The van der Waals surface area contributed by atoms with Crippen LogP contribution in [0.3, 0.4) is 0 Å². The number of anilines is 2. The van der Waals surface area contributed by atoms with E-state index in [2.05, 4.69) is 30.6 Å².